The van der Waals surface area contributed by atoms with E-state index in [1.807, 2.05) is 6.07 Å². The molecule has 0 aliphatic carbocycles. The number of carbonyl (C=O) groups excluding carboxylic acids is 1. The number of rotatable bonds is 7. The van der Waals surface area contributed by atoms with Crippen molar-refractivity contribution in [1.82, 2.24) is 0 Å². The number of carbonyl (C=O) groups is 1. The third kappa shape index (κ3) is 5.47. The van der Waals surface area contributed by atoms with Gasteiger partial charge in [0.05, 0.1) is 17.7 Å². The molecule has 36 heavy (non-hydrogen) atoms. The molecule has 184 valence electrons. The maximum absolute atomic E-state index is 13.4. The van der Waals surface area contributed by atoms with E-state index in [-0.39, 0.29) is 16.5 Å². The van der Waals surface area contributed by atoms with Gasteiger partial charge in [0.1, 0.15) is 11.6 Å². The molecule has 0 radical (unpaired) electrons. The number of anilines is 3. The van der Waals surface area contributed by atoms with Crippen LogP contribution in [0.3, 0.4) is 0 Å². The molecule has 4 aromatic carbocycles. The molecule has 7 nitrogen and oxygen atoms in total. The van der Waals surface area contributed by atoms with Crippen LogP contribution in [0.2, 0.25) is 0 Å². The van der Waals surface area contributed by atoms with Crippen LogP contribution in [0.4, 0.5) is 26.2 Å². The predicted octanol–water partition coefficient (Wildman–Crippen LogP) is 5.97. The Morgan fingerprint density at radius 3 is 2.19 bits per heavy atom. The van der Waals surface area contributed by atoms with Crippen LogP contribution in [0.1, 0.15) is 0 Å². The van der Waals surface area contributed by atoms with Gasteiger partial charge in [0.25, 0.3) is 10.0 Å². The molecule has 0 aliphatic rings. The molecule has 0 heterocycles. The Morgan fingerprint density at radius 2 is 1.50 bits per heavy atom. The molecule has 0 saturated carbocycles. The van der Waals surface area contributed by atoms with Crippen molar-refractivity contribution in [2.45, 2.75) is 4.90 Å². The minimum Gasteiger partial charge on any atom is -0.494 e. The van der Waals surface area contributed by atoms with Crippen molar-refractivity contribution in [2.75, 3.05) is 29.1 Å². The highest BCUT2D eigenvalue weighted by Gasteiger charge is 2.24. The molecule has 2 N–H and O–H groups in total. The van der Waals surface area contributed by atoms with E-state index in [1.54, 1.807) is 66.7 Å². The van der Waals surface area contributed by atoms with Gasteiger partial charge in [0, 0.05) is 24.5 Å². The van der Waals surface area contributed by atoms with Gasteiger partial charge in [0.2, 0.25) is 0 Å². The van der Waals surface area contributed by atoms with Crippen LogP contribution in [-0.2, 0) is 10.0 Å². The molecule has 4 rings (SSSR count). The zero-order valence-corrected chi connectivity index (χ0v) is 20.4. The lowest BCUT2D eigenvalue weighted by Gasteiger charge is -2.22. The number of methoxy groups -OCH3 is 1. The quantitative estimate of drug-likeness (QED) is 0.324. The van der Waals surface area contributed by atoms with Gasteiger partial charge in [-0.1, -0.05) is 42.5 Å². The monoisotopic (exact) mass is 505 g/mol. The zero-order chi connectivity index (χ0) is 25.7. The highest BCUT2D eigenvalue weighted by molar-refractivity contribution is 7.92. The number of amides is 2. The van der Waals surface area contributed by atoms with Crippen molar-refractivity contribution in [3.8, 4) is 16.9 Å². The van der Waals surface area contributed by atoms with Gasteiger partial charge in [0.15, 0.2) is 0 Å². The summed E-state index contributed by atoms with van der Waals surface area (Å²) in [5, 5.41) is 5.42. The summed E-state index contributed by atoms with van der Waals surface area (Å²) in [4.78, 5) is 12.4. The fraction of sp³-hybridized carbons (Fsp3) is 0.0741. The summed E-state index contributed by atoms with van der Waals surface area (Å²) in [6, 6.07) is 25.5. The first kappa shape index (κ1) is 24.7. The van der Waals surface area contributed by atoms with Crippen LogP contribution >= 0.6 is 0 Å². The van der Waals surface area contributed by atoms with E-state index >= 15 is 0 Å². The number of benzene rings is 4. The Bertz CT molecular complexity index is 1480. The van der Waals surface area contributed by atoms with Crippen LogP contribution in [0.15, 0.2) is 102 Å². The molecule has 0 fully saturated rings. The third-order valence-corrected chi connectivity index (χ3v) is 7.25. The lowest BCUT2D eigenvalue weighted by atomic mass is 10.1. The summed E-state index contributed by atoms with van der Waals surface area (Å²) in [5.74, 6) is -0.113. The second kappa shape index (κ2) is 10.5. The number of sulfonamides is 1. The lowest BCUT2D eigenvalue weighted by molar-refractivity contribution is 0.262. The van der Waals surface area contributed by atoms with Crippen LogP contribution in [0.25, 0.3) is 11.1 Å². The van der Waals surface area contributed by atoms with E-state index in [0.29, 0.717) is 28.2 Å². The van der Waals surface area contributed by atoms with Crippen LogP contribution in [0, 0.1) is 5.82 Å². The van der Waals surface area contributed by atoms with Crippen molar-refractivity contribution >= 4 is 33.1 Å². The number of nitrogens with one attached hydrogen (secondary N) is 2. The molecule has 0 aromatic heterocycles. The number of halogens is 1. The van der Waals surface area contributed by atoms with Gasteiger partial charge < -0.3 is 15.4 Å². The van der Waals surface area contributed by atoms with Gasteiger partial charge in [-0.2, -0.15) is 0 Å². The maximum Gasteiger partial charge on any atom is 0.323 e. The van der Waals surface area contributed by atoms with E-state index in [2.05, 4.69) is 10.6 Å². The van der Waals surface area contributed by atoms with Crippen LogP contribution in [-0.4, -0.2) is 28.6 Å². The smallest absolute Gasteiger partial charge is 0.323 e. The number of nitrogens with zero attached hydrogens (tertiary/aromatic N) is 1. The fourth-order valence-electron chi connectivity index (χ4n) is 3.60. The van der Waals surface area contributed by atoms with Crippen molar-refractivity contribution < 1.29 is 22.3 Å². The van der Waals surface area contributed by atoms with Gasteiger partial charge >= 0.3 is 6.03 Å². The molecule has 0 aliphatic heterocycles. The normalized spacial score (nSPS) is 11.0. The first-order chi connectivity index (χ1) is 17.3. The van der Waals surface area contributed by atoms with Crippen molar-refractivity contribution in [3.05, 3.63) is 103 Å². The average Bonchev–Trinajstić information content (AvgIpc) is 2.89. The molecule has 0 saturated heterocycles. The number of hydrogen-bond donors (Lipinski definition) is 2. The molecule has 9 heteroatoms. The Kier molecular flexibility index (Phi) is 7.21. The first-order valence-corrected chi connectivity index (χ1v) is 12.4. The fourth-order valence-corrected chi connectivity index (χ4v) is 4.85. The van der Waals surface area contributed by atoms with Crippen molar-refractivity contribution in [2.24, 2.45) is 0 Å². The minimum atomic E-state index is -3.96. The maximum atomic E-state index is 13.4. The van der Waals surface area contributed by atoms with Crippen LogP contribution in [0.5, 0.6) is 5.75 Å². The average molecular weight is 506 g/mol. The number of para-hydroxylation sites is 1. The highest BCUT2D eigenvalue weighted by Crippen LogP contribution is 2.34. The summed E-state index contributed by atoms with van der Waals surface area (Å²) < 4.78 is 46.7. The van der Waals surface area contributed by atoms with Crippen LogP contribution < -0.4 is 19.7 Å². The van der Waals surface area contributed by atoms with E-state index < -0.39 is 16.1 Å². The van der Waals surface area contributed by atoms with Crippen molar-refractivity contribution in [1.29, 1.82) is 0 Å². The molecule has 0 atom stereocenters. The SMILES string of the molecule is COc1cc(NC(=O)Nc2ccccc2)ccc1N(C)S(=O)(=O)c1cccc(-c2ccc(F)cc2)c1. The summed E-state index contributed by atoms with van der Waals surface area (Å²) in [6.07, 6.45) is 0. The second-order valence-corrected chi connectivity index (χ2v) is 9.81. The van der Waals surface area contributed by atoms with Gasteiger partial charge in [-0.15, -0.1) is 0 Å². The Hall–Kier alpha value is -4.37. The minimum absolute atomic E-state index is 0.0679. The molecule has 0 spiro atoms. The summed E-state index contributed by atoms with van der Waals surface area (Å²) in [6.45, 7) is 0. The topological polar surface area (TPSA) is 87.7 Å². The standard InChI is InChI=1S/C27H24FN3O4S/c1-31(36(33,34)24-10-6-7-20(17-24)19-11-13-21(28)14-12-19)25-16-15-23(18-26(25)35-2)30-27(32)29-22-8-4-3-5-9-22/h3-18H,1-2H3,(H2,29,30,32). The first-order valence-electron chi connectivity index (χ1n) is 10.9. The van der Waals surface area contributed by atoms with E-state index in [9.17, 15) is 17.6 Å². The van der Waals surface area contributed by atoms with E-state index in [1.165, 1.54) is 38.4 Å². The predicted molar refractivity (Wildman–Crippen MR) is 140 cm³/mol. The van der Waals surface area contributed by atoms with Gasteiger partial charge in [-0.25, -0.2) is 17.6 Å². The summed E-state index contributed by atoms with van der Waals surface area (Å²) >= 11 is 0. The molecule has 4 aromatic rings. The zero-order valence-electron chi connectivity index (χ0n) is 19.6. The van der Waals surface area contributed by atoms with E-state index in [4.69, 9.17) is 4.74 Å². The Morgan fingerprint density at radius 1 is 0.806 bits per heavy atom. The summed E-state index contributed by atoms with van der Waals surface area (Å²) in [5.41, 5.74) is 2.68. The third-order valence-electron chi connectivity index (χ3n) is 5.48. The molecule has 2 amide bonds. The van der Waals surface area contributed by atoms with Gasteiger partial charge in [-0.3, -0.25) is 4.31 Å². The Labute approximate surface area is 209 Å². The molecule has 0 unspecified atom stereocenters. The van der Waals surface area contributed by atoms with E-state index in [0.717, 1.165) is 4.31 Å². The van der Waals surface area contributed by atoms with Crippen molar-refractivity contribution in [3.63, 3.8) is 0 Å². The second-order valence-electron chi connectivity index (χ2n) is 7.84. The highest BCUT2D eigenvalue weighted by atomic mass is 32.2. The summed E-state index contributed by atoms with van der Waals surface area (Å²) in [7, 11) is -1.12. The number of ether oxygens (including phenoxy) is 1. The lowest BCUT2D eigenvalue weighted by Crippen LogP contribution is -2.27. The Balaban J connectivity index is 1.57. The largest absolute Gasteiger partial charge is 0.494 e. The number of urea groups is 1. The molecule has 0 bridgehead atoms. The molecular formula is C27H24FN3O4S. The molecular weight excluding hydrogens is 481 g/mol. The van der Waals surface area contributed by atoms with Gasteiger partial charge in [-0.05, 0) is 59.7 Å². The number of hydrogen-bond acceptors (Lipinski definition) is 4.